The van der Waals surface area contributed by atoms with Crippen LogP contribution in [0.5, 0.6) is 5.75 Å². The lowest BCUT2D eigenvalue weighted by molar-refractivity contribution is 0.415. The van der Waals surface area contributed by atoms with Crippen molar-refractivity contribution in [2.45, 2.75) is 18.8 Å². The molecule has 1 N–H and O–H groups in total. The van der Waals surface area contributed by atoms with Crippen molar-refractivity contribution >= 4 is 0 Å². The van der Waals surface area contributed by atoms with E-state index < -0.39 is 0 Å². The first-order valence-corrected chi connectivity index (χ1v) is 7.04. The summed E-state index contributed by atoms with van der Waals surface area (Å²) in [7, 11) is 1.67. The lowest BCUT2D eigenvalue weighted by Crippen LogP contribution is -2.28. The van der Waals surface area contributed by atoms with Gasteiger partial charge < -0.3 is 10.1 Å². The number of ether oxygens (including phenoxy) is 1. The number of methoxy groups -OCH3 is 1. The summed E-state index contributed by atoms with van der Waals surface area (Å²) in [6.45, 7) is 2.13. The molecule has 2 aromatic rings. The maximum Gasteiger partial charge on any atom is 0.118 e. The van der Waals surface area contributed by atoms with Crippen LogP contribution in [-0.4, -0.2) is 30.2 Å². The van der Waals surface area contributed by atoms with Gasteiger partial charge in [0.25, 0.3) is 0 Å². The van der Waals surface area contributed by atoms with Crippen molar-refractivity contribution < 1.29 is 4.74 Å². The molecule has 2 heterocycles. The molecule has 4 heteroatoms. The predicted octanol–water partition coefficient (Wildman–Crippen LogP) is 2.62. The van der Waals surface area contributed by atoms with Gasteiger partial charge in [-0.15, -0.1) is 0 Å². The van der Waals surface area contributed by atoms with E-state index in [1.54, 1.807) is 7.11 Å². The summed E-state index contributed by atoms with van der Waals surface area (Å²) in [6, 6.07) is 7.89. The SMILES string of the molecule is COc1ccc(-c2cnc(C3CCCNC3)cn2)cc1. The van der Waals surface area contributed by atoms with E-state index in [4.69, 9.17) is 4.74 Å². The number of hydrogen-bond donors (Lipinski definition) is 1. The first-order valence-electron chi connectivity index (χ1n) is 7.04. The highest BCUT2D eigenvalue weighted by molar-refractivity contribution is 5.59. The molecule has 0 amide bonds. The zero-order chi connectivity index (χ0) is 13.8. The fraction of sp³-hybridized carbons (Fsp3) is 0.375. The maximum absolute atomic E-state index is 5.16. The van der Waals surface area contributed by atoms with Crippen LogP contribution in [0.1, 0.15) is 24.5 Å². The van der Waals surface area contributed by atoms with Crippen molar-refractivity contribution in [2.24, 2.45) is 0 Å². The van der Waals surface area contributed by atoms with Gasteiger partial charge in [-0.1, -0.05) is 0 Å². The summed E-state index contributed by atoms with van der Waals surface area (Å²) in [6.07, 6.45) is 6.19. The molecule has 0 spiro atoms. The topological polar surface area (TPSA) is 47.0 Å². The quantitative estimate of drug-likeness (QED) is 0.930. The minimum absolute atomic E-state index is 0.501. The van der Waals surface area contributed by atoms with Crippen molar-refractivity contribution in [3.05, 3.63) is 42.4 Å². The average Bonchev–Trinajstić information content (AvgIpc) is 2.56. The molecular weight excluding hydrogens is 250 g/mol. The predicted molar refractivity (Wildman–Crippen MR) is 78.9 cm³/mol. The van der Waals surface area contributed by atoms with Crippen LogP contribution in [0.4, 0.5) is 0 Å². The lowest BCUT2D eigenvalue weighted by Gasteiger charge is -2.21. The van der Waals surface area contributed by atoms with E-state index in [-0.39, 0.29) is 0 Å². The van der Waals surface area contributed by atoms with Gasteiger partial charge >= 0.3 is 0 Å². The molecule has 1 atom stereocenters. The number of piperidine rings is 1. The molecule has 1 unspecified atom stereocenters. The Morgan fingerprint density at radius 3 is 2.60 bits per heavy atom. The third-order valence-electron chi connectivity index (χ3n) is 3.77. The fourth-order valence-corrected chi connectivity index (χ4v) is 2.56. The molecule has 0 bridgehead atoms. The second kappa shape index (κ2) is 6.01. The first kappa shape index (κ1) is 13.1. The van der Waals surface area contributed by atoms with Crippen molar-refractivity contribution in [1.82, 2.24) is 15.3 Å². The Hall–Kier alpha value is -1.94. The highest BCUT2D eigenvalue weighted by Crippen LogP contribution is 2.23. The van der Waals surface area contributed by atoms with Crippen molar-refractivity contribution in [1.29, 1.82) is 0 Å². The Morgan fingerprint density at radius 1 is 1.15 bits per heavy atom. The Balaban J connectivity index is 1.77. The fourth-order valence-electron chi connectivity index (χ4n) is 2.56. The van der Waals surface area contributed by atoms with E-state index >= 15 is 0 Å². The molecule has 0 radical (unpaired) electrons. The molecule has 1 aromatic carbocycles. The summed E-state index contributed by atoms with van der Waals surface area (Å²) in [5.41, 5.74) is 3.06. The average molecular weight is 269 g/mol. The van der Waals surface area contributed by atoms with E-state index in [1.807, 2.05) is 36.7 Å². The van der Waals surface area contributed by atoms with Gasteiger partial charge in [0.2, 0.25) is 0 Å². The molecule has 3 rings (SSSR count). The van der Waals surface area contributed by atoms with Gasteiger partial charge in [-0.25, -0.2) is 0 Å². The van der Waals surface area contributed by atoms with Gasteiger partial charge in [-0.05, 0) is 43.7 Å². The monoisotopic (exact) mass is 269 g/mol. The highest BCUT2D eigenvalue weighted by atomic mass is 16.5. The summed E-state index contributed by atoms with van der Waals surface area (Å²) >= 11 is 0. The lowest BCUT2D eigenvalue weighted by atomic mass is 9.96. The van der Waals surface area contributed by atoms with Crippen molar-refractivity contribution in [2.75, 3.05) is 20.2 Å². The minimum atomic E-state index is 0.501. The second-order valence-corrected chi connectivity index (χ2v) is 5.10. The number of aromatic nitrogens is 2. The van der Waals surface area contributed by atoms with Crippen LogP contribution < -0.4 is 10.1 Å². The van der Waals surface area contributed by atoms with Gasteiger partial charge in [0.05, 0.1) is 24.7 Å². The summed E-state index contributed by atoms with van der Waals surface area (Å²) in [4.78, 5) is 9.14. The zero-order valence-corrected chi connectivity index (χ0v) is 11.7. The molecule has 0 saturated carbocycles. The molecule has 1 fully saturated rings. The standard InChI is InChI=1S/C16H19N3O/c1-20-14-6-4-12(5-7-14)15-10-19-16(11-18-15)13-3-2-8-17-9-13/h4-7,10-11,13,17H,2-3,8-9H2,1H3. The van der Waals surface area contributed by atoms with E-state index in [9.17, 15) is 0 Å². The first-order chi connectivity index (χ1) is 9.86. The van der Waals surface area contributed by atoms with Crippen LogP contribution in [-0.2, 0) is 0 Å². The second-order valence-electron chi connectivity index (χ2n) is 5.10. The van der Waals surface area contributed by atoms with E-state index in [0.29, 0.717) is 5.92 Å². The molecular formula is C16H19N3O. The largest absolute Gasteiger partial charge is 0.497 e. The Kier molecular flexibility index (Phi) is 3.92. The minimum Gasteiger partial charge on any atom is -0.497 e. The van der Waals surface area contributed by atoms with Gasteiger partial charge in [-0.3, -0.25) is 9.97 Å². The van der Waals surface area contributed by atoms with Crippen LogP contribution in [0.3, 0.4) is 0 Å². The third kappa shape index (κ3) is 2.80. The van der Waals surface area contributed by atoms with Crippen molar-refractivity contribution in [3.8, 4) is 17.0 Å². The van der Waals surface area contributed by atoms with Crippen LogP contribution in [0, 0.1) is 0 Å². The highest BCUT2D eigenvalue weighted by Gasteiger charge is 2.16. The molecule has 1 aromatic heterocycles. The van der Waals surface area contributed by atoms with Crippen molar-refractivity contribution in [3.63, 3.8) is 0 Å². The summed E-state index contributed by atoms with van der Waals surface area (Å²) in [5, 5.41) is 3.41. The number of hydrogen-bond acceptors (Lipinski definition) is 4. The molecule has 4 nitrogen and oxygen atoms in total. The Bertz CT molecular complexity index is 545. The maximum atomic E-state index is 5.16. The van der Waals surface area contributed by atoms with Gasteiger partial charge in [0.1, 0.15) is 5.75 Å². The van der Waals surface area contributed by atoms with Gasteiger partial charge in [0.15, 0.2) is 0 Å². The summed E-state index contributed by atoms with van der Waals surface area (Å²) in [5.74, 6) is 1.35. The van der Waals surface area contributed by atoms with E-state index in [2.05, 4.69) is 15.3 Å². The smallest absolute Gasteiger partial charge is 0.118 e. The molecule has 104 valence electrons. The molecule has 20 heavy (non-hydrogen) atoms. The number of nitrogens with one attached hydrogen (secondary N) is 1. The molecule has 1 aliphatic heterocycles. The number of benzene rings is 1. The molecule has 1 saturated heterocycles. The Morgan fingerprint density at radius 2 is 2.00 bits per heavy atom. The molecule has 0 aliphatic carbocycles. The zero-order valence-electron chi connectivity index (χ0n) is 11.7. The number of nitrogens with zero attached hydrogens (tertiary/aromatic N) is 2. The molecule has 1 aliphatic rings. The van der Waals surface area contributed by atoms with Crippen LogP contribution in [0.15, 0.2) is 36.7 Å². The Labute approximate surface area is 119 Å². The number of rotatable bonds is 3. The summed E-state index contributed by atoms with van der Waals surface area (Å²) < 4.78 is 5.16. The van der Waals surface area contributed by atoms with Gasteiger partial charge in [-0.2, -0.15) is 0 Å². The van der Waals surface area contributed by atoms with E-state index in [1.165, 1.54) is 12.8 Å². The van der Waals surface area contributed by atoms with Crippen LogP contribution >= 0.6 is 0 Å². The van der Waals surface area contributed by atoms with Gasteiger partial charge in [0, 0.05) is 24.2 Å². The normalized spacial score (nSPS) is 18.8. The third-order valence-corrected chi connectivity index (χ3v) is 3.77. The van der Waals surface area contributed by atoms with Crippen LogP contribution in [0.25, 0.3) is 11.3 Å². The van der Waals surface area contributed by atoms with E-state index in [0.717, 1.165) is 35.8 Å². The van der Waals surface area contributed by atoms with Crippen LogP contribution in [0.2, 0.25) is 0 Å².